The number of rotatable bonds is 6. The van der Waals surface area contributed by atoms with Gasteiger partial charge >= 0.3 is 0 Å². The summed E-state index contributed by atoms with van der Waals surface area (Å²) in [5, 5.41) is 3.03. The van der Waals surface area contributed by atoms with Crippen LogP contribution >= 0.6 is 0 Å². The quantitative estimate of drug-likeness (QED) is 0.826. The Morgan fingerprint density at radius 1 is 1.21 bits per heavy atom. The van der Waals surface area contributed by atoms with Gasteiger partial charge in [-0.25, -0.2) is 0 Å². The Bertz CT molecular complexity index is 899. The van der Waals surface area contributed by atoms with Gasteiger partial charge in [0.2, 0.25) is 0 Å². The summed E-state index contributed by atoms with van der Waals surface area (Å²) in [6, 6.07) is 9.57. The molecule has 1 aliphatic heterocycles. The Labute approximate surface area is 166 Å². The van der Waals surface area contributed by atoms with Gasteiger partial charge in [0.05, 0.1) is 6.61 Å². The molecule has 0 saturated carbocycles. The topological polar surface area (TPSA) is 60.3 Å². The lowest BCUT2D eigenvalue weighted by Crippen LogP contribution is -2.31. The maximum absolute atomic E-state index is 13.2. The first-order chi connectivity index (χ1) is 13.5. The van der Waals surface area contributed by atoms with Crippen LogP contribution in [0.1, 0.15) is 60.3 Å². The van der Waals surface area contributed by atoms with Crippen molar-refractivity contribution in [1.29, 1.82) is 0 Å². The van der Waals surface area contributed by atoms with Crippen LogP contribution in [-0.2, 0) is 19.5 Å². The number of hydrogen-bond donors (Lipinski definition) is 1. The van der Waals surface area contributed by atoms with Crippen LogP contribution in [0.15, 0.2) is 35.1 Å². The van der Waals surface area contributed by atoms with Crippen molar-refractivity contribution in [2.75, 3.05) is 6.61 Å². The van der Waals surface area contributed by atoms with Crippen LogP contribution in [0.4, 0.5) is 0 Å². The molecule has 0 unspecified atom stereocenters. The molecule has 3 rings (SSSR count). The van der Waals surface area contributed by atoms with E-state index in [2.05, 4.69) is 11.4 Å². The third-order valence-electron chi connectivity index (χ3n) is 5.01. The average molecular weight is 383 g/mol. The second-order valence-electron chi connectivity index (χ2n) is 8.01. The lowest BCUT2D eigenvalue weighted by molar-refractivity contribution is 0.0943. The largest absolute Gasteiger partial charge is 0.492 e. The highest BCUT2D eigenvalue weighted by Gasteiger charge is 2.24. The molecule has 1 aromatic carbocycles. The van der Waals surface area contributed by atoms with Gasteiger partial charge in [-0.05, 0) is 37.7 Å². The molecule has 5 nitrogen and oxygen atoms in total. The molecule has 0 fully saturated rings. The fourth-order valence-corrected chi connectivity index (χ4v) is 3.62. The monoisotopic (exact) mass is 382 g/mol. The summed E-state index contributed by atoms with van der Waals surface area (Å²) in [7, 11) is 0. The average Bonchev–Trinajstić information content (AvgIpc) is 2.91. The third-order valence-corrected chi connectivity index (χ3v) is 5.01. The Hall–Kier alpha value is -2.56. The highest BCUT2D eigenvalue weighted by molar-refractivity contribution is 5.98. The molecule has 150 valence electrons. The summed E-state index contributed by atoms with van der Waals surface area (Å²) in [4.78, 5) is 25.8. The van der Waals surface area contributed by atoms with Gasteiger partial charge in [-0.1, -0.05) is 50.1 Å². The highest BCUT2D eigenvalue weighted by Crippen LogP contribution is 2.25. The minimum Gasteiger partial charge on any atom is -0.492 e. The van der Waals surface area contributed by atoms with Crippen molar-refractivity contribution >= 4 is 5.91 Å². The fraction of sp³-hybridized carbons (Fsp3) is 0.478. The minimum absolute atomic E-state index is 0.0779. The Balaban J connectivity index is 1.93. The Kier molecular flexibility index (Phi) is 6.55. The van der Waals surface area contributed by atoms with E-state index in [1.165, 1.54) is 6.07 Å². The molecule has 2 heterocycles. The molecule has 1 N–H and O–H groups in total. The van der Waals surface area contributed by atoms with Crippen LogP contribution in [0.5, 0.6) is 5.75 Å². The van der Waals surface area contributed by atoms with E-state index in [0.29, 0.717) is 36.9 Å². The summed E-state index contributed by atoms with van der Waals surface area (Å²) in [5.74, 6) is 0.546. The number of nitrogens with one attached hydrogen (secondary N) is 1. The van der Waals surface area contributed by atoms with Gasteiger partial charge in [0, 0.05) is 24.8 Å². The van der Waals surface area contributed by atoms with Crippen LogP contribution in [0.25, 0.3) is 0 Å². The lowest BCUT2D eigenvalue weighted by atomic mass is 10.1. The van der Waals surface area contributed by atoms with E-state index in [9.17, 15) is 9.59 Å². The van der Waals surface area contributed by atoms with Gasteiger partial charge in [0.15, 0.2) is 0 Å². The van der Waals surface area contributed by atoms with Crippen LogP contribution < -0.4 is 15.6 Å². The number of benzene rings is 1. The number of ether oxygens (including phenoxy) is 1. The second-order valence-corrected chi connectivity index (χ2v) is 8.01. The molecule has 1 amide bonds. The van der Waals surface area contributed by atoms with Gasteiger partial charge < -0.3 is 14.6 Å². The van der Waals surface area contributed by atoms with Crippen LogP contribution in [-0.4, -0.2) is 17.1 Å². The number of carbonyl (C=O) groups excluding carboxylic acids is 1. The predicted octanol–water partition coefficient (Wildman–Crippen LogP) is 3.85. The van der Waals surface area contributed by atoms with Crippen LogP contribution in [0, 0.1) is 12.8 Å². The zero-order chi connectivity index (χ0) is 20.1. The first-order valence-corrected chi connectivity index (χ1v) is 10.2. The molecule has 0 bridgehead atoms. The van der Waals surface area contributed by atoms with Crippen molar-refractivity contribution in [1.82, 2.24) is 9.88 Å². The number of aryl methyl sites for hydroxylation is 1. The number of hydrogen-bond acceptors (Lipinski definition) is 3. The zero-order valence-electron chi connectivity index (χ0n) is 17.1. The number of fused-ring (bicyclic) bond motifs is 1. The van der Waals surface area contributed by atoms with E-state index in [0.717, 1.165) is 42.5 Å². The van der Waals surface area contributed by atoms with E-state index in [-0.39, 0.29) is 11.5 Å². The number of amides is 1. The summed E-state index contributed by atoms with van der Waals surface area (Å²) in [6.45, 7) is 7.72. The van der Waals surface area contributed by atoms with Gasteiger partial charge in [0.1, 0.15) is 11.3 Å². The minimum atomic E-state index is -0.175. The molecule has 2 aromatic rings. The Morgan fingerprint density at radius 2 is 2.04 bits per heavy atom. The van der Waals surface area contributed by atoms with Gasteiger partial charge in [-0.3, -0.25) is 9.59 Å². The van der Waals surface area contributed by atoms with E-state index in [1.54, 1.807) is 4.57 Å². The first-order valence-electron chi connectivity index (χ1n) is 10.2. The maximum atomic E-state index is 13.2. The Morgan fingerprint density at radius 3 is 2.79 bits per heavy atom. The van der Waals surface area contributed by atoms with E-state index >= 15 is 0 Å². The molecule has 1 aliphatic rings. The van der Waals surface area contributed by atoms with Crippen LogP contribution in [0.3, 0.4) is 0 Å². The van der Waals surface area contributed by atoms with E-state index in [4.69, 9.17) is 4.74 Å². The maximum Gasteiger partial charge on any atom is 0.257 e. The molecule has 0 saturated heterocycles. The fourth-order valence-electron chi connectivity index (χ4n) is 3.62. The van der Waals surface area contributed by atoms with Crippen molar-refractivity contribution < 1.29 is 9.53 Å². The second kappa shape index (κ2) is 9.09. The highest BCUT2D eigenvalue weighted by atomic mass is 16.5. The number of pyridine rings is 1. The SMILES string of the molecule is Cc1cccc(CNC(=O)c2c(OCC(C)C)cc(=O)n3c2CCCCC3)c1. The smallest absolute Gasteiger partial charge is 0.257 e. The molecule has 0 aliphatic carbocycles. The zero-order valence-corrected chi connectivity index (χ0v) is 17.1. The van der Waals surface area contributed by atoms with Crippen molar-refractivity contribution in [2.45, 2.75) is 59.5 Å². The van der Waals surface area contributed by atoms with Gasteiger partial charge in [-0.2, -0.15) is 0 Å². The first kappa shape index (κ1) is 20.2. The molecule has 1 aromatic heterocycles. The normalized spacial score (nSPS) is 13.7. The molecule has 0 atom stereocenters. The van der Waals surface area contributed by atoms with Gasteiger partial charge in [0.25, 0.3) is 11.5 Å². The van der Waals surface area contributed by atoms with Crippen molar-refractivity contribution in [2.24, 2.45) is 5.92 Å². The van der Waals surface area contributed by atoms with Crippen LogP contribution in [0.2, 0.25) is 0 Å². The molecular formula is C23H30N2O3. The molecule has 0 spiro atoms. The number of carbonyl (C=O) groups is 1. The van der Waals surface area contributed by atoms with E-state index < -0.39 is 0 Å². The third kappa shape index (κ3) is 4.83. The van der Waals surface area contributed by atoms with Crippen molar-refractivity contribution in [3.05, 3.63) is 63.1 Å². The van der Waals surface area contributed by atoms with Gasteiger partial charge in [-0.15, -0.1) is 0 Å². The molecule has 0 radical (unpaired) electrons. The van der Waals surface area contributed by atoms with E-state index in [1.807, 2.05) is 39.0 Å². The summed E-state index contributed by atoms with van der Waals surface area (Å²) in [6.07, 6.45) is 3.73. The standard InChI is InChI=1S/C23H30N2O3/c1-16(2)15-28-20-13-21(26)25-11-6-4-5-10-19(25)22(20)23(27)24-14-18-9-7-8-17(3)12-18/h7-9,12-13,16H,4-6,10-11,14-15H2,1-3H3,(H,24,27). The molecule has 5 heteroatoms. The summed E-state index contributed by atoms with van der Waals surface area (Å²) >= 11 is 0. The van der Waals surface area contributed by atoms with Crippen molar-refractivity contribution in [3.8, 4) is 5.75 Å². The van der Waals surface area contributed by atoms with Crippen molar-refractivity contribution in [3.63, 3.8) is 0 Å². The summed E-state index contributed by atoms with van der Waals surface area (Å²) < 4.78 is 7.67. The summed E-state index contributed by atoms with van der Waals surface area (Å²) in [5.41, 5.74) is 3.47. The number of aromatic nitrogens is 1. The lowest BCUT2D eigenvalue weighted by Gasteiger charge is -2.19. The molecular weight excluding hydrogens is 352 g/mol. The predicted molar refractivity (Wildman–Crippen MR) is 111 cm³/mol. The number of nitrogens with zero attached hydrogens (tertiary/aromatic N) is 1. The molecule has 28 heavy (non-hydrogen) atoms.